The average molecular weight is 881 g/mol. The predicted molar refractivity (Wildman–Crippen MR) is 285 cm³/mol. The van der Waals surface area contributed by atoms with E-state index in [0.717, 1.165) is 83.6 Å². The third kappa shape index (κ3) is 6.47. The van der Waals surface area contributed by atoms with Crippen LogP contribution in [0.5, 0.6) is 0 Å². The SMILES string of the molecule is c1ccc(-c2nc(-c3ccc(-c4cc(-n5c6ccccc6c6ccccc65)cc(-n5c6ccccc6c6ccccc65)c4)cc3)cc(-c3ccc(-c4ccc5oc6ccccc6c5c4)cc3)n2)cc1. The molecule has 0 unspecified atom stereocenters. The molecule has 0 N–H and O–H groups in total. The first-order valence-corrected chi connectivity index (χ1v) is 23.4. The molecular formula is C64H40N4O. The van der Waals surface area contributed by atoms with E-state index >= 15 is 0 Å². The Morgan fingerprint density at radius 1 is 0.261 bits per heavy atom. The molecular weight excluding hydrogens is 841 g/mol. The lowest BCUT2D eigenvalue weighted by Gasteiger charge is -2.16. The highest BCUT2D eigenvalue weighted by atomic mass is 16.3. The number of hydrogen-bond acceptors (Lipinski definition) is 3. The highest BCUT2D eigenvalue weighted by molar-refractivity contribution is 6.11. The van der Waals surface area contributed by atoms with Gasteiger partial charge in [0.2, 0.25) is 0 Å². The highest BCUT2D eigenvalue weighted by Gasteiger charge is 2.18. The van der Waals surface area contributed by atoms with Crippen LogP contribution in [-0.2, 0) is 0 Å². The molecule has 4 aromatic heterocycles. The molecule has 0 amide bonds. The van der Waals surface area contributed by atoms with E-state index in [1.165, 1.54) is 43.6 Å². The Balaban J connectivity index is 0.887. The fraction of sp³-hybridized carbons (Fsp3) is 0. The van der Waals surface area contributed by atoms with Crippen LogP contribution in [-0.4, -0.2) is 19.1 Å². The molecule has 0 atom stereocenters. The topological polar surface area (TPSA) is 48.8 Å². The van der Waals surface area contributed by atoms with E-state index in [9.17, 15) is 0 Å². The number of rotatable bonds is 7. The zero-order chi connectivity index (χ0) is 45.4. The molecule has 0 aliphatic rings. The van der Waals surface area contributed by atoms with Crippen molar-refractivity contribution in [1.29, 1.82) is 0 Å². The summed E-state index contributed by atoms with van der Waals surface area (Å²) in [7, 11) is 0. The number of para-hydroxylation sites is 5. The van der Waals surface area contributed by atoms with E-state index in [4.69, 9.17) is 14.4 Å². The summed E-state index contributed by atoms with van der Waals surface area (Å²) >= 11 is 0. The van der Waals surface area contributed by atoms with Crippen molar-refractivity contribution in [3.63, 3.8) is 0 Å². The number of benzene rings is 10. The fourth-order valence-electron chi connectivity index (χ4n) is 10.5. The van der Waals surface area contributed by atoms with Gasteiger partial charge in [0, 0.05) is 60.4 Å². The quantitative estimate of drug-likeness (QED) is 0.160. The van der Waals surface area contributed by atoms with Gasteiger partial charge in [-0.25, -0.2) is 9.97 Å². The normalized spacial score (nSPS) is 11.8. The second-order valence-corrected chi connectivity index (χ2v) is 17.8. The van der Waals surface area contributed by atoms with Crippen LogP contribution in [0.3, 0.4) is 0 Å². The van der Waals surface area contributed by atoms with E-state index in [1.807, 2.05) is 30.3 Å². The lowest BCUT2D eigenvalue weighted by atomic mass is 9.99. The molecule has 0 aliphatic carbocycles. The summed E-state index contributed by atoms with van der Waals surface area (Å²) in [5.74, 6) is 0.684. The van der Waals surface area contributed by atoms with Crippen LogP contribution in [0.15, 0.2) is 247 Å². The minimum atomic E-state index is 0.684. The molecule has 10 aromatic carbocycles. The van der Waals surface area contributed by atoms with Crippen LogP contribution in [0.1, 0.15) is 0 Å². The smallest absolute Gasteiger partial charge is 0.160 e. The summed E-state index contributed by atoms with van der Waals surface area (Å²) in [5.41, 5.74) is 17.9. The van der Waals surface area contributed by atoms with Crippen molar-refractivity contribution >= 4 is 65.6 Å². The Labute approximate surface area is 397 Å². The molecule has 0 spiro atoms. The van der Waals surface area contributed by atoms with Gasteiger partial charge >= 0.3 is 0 Å². The summed E-state index contributed by atoms with van der Waals surface area (Å²) in [6.07, 6.45) is 0. The van der Waals surface area contributed by atoms with Crippen LogP contribution < -0.4 is 0 Å². The third-order valence-electron chi connectivity index (χ3n) is 13.7. The van der Waals surface area contributed by atoms with Crippen molar-refractivity contribution < 1.29 is 4.42 Å². The Bertz CT molecular complexity index is 4050. The first kappa shape index (κ1) is 38.9. The first-order chi connectivity index (χ1) is 34.2. The minimum absolute atomic E-state index is 0.684. The molecule has 0 fully saturated rings. The second-order valence-electron chi connectivity index (χ2n) is 17.8. The molecule has 14 aromatic rings. The van der Waals surface area contributed by atoms with Gasteiger partial charge in [-0.15, -0.1) is 0 Å². The highest BCUT2D eigenvalue weighted by Crippen LogP contribution is 2.39. The molecule has 14 rings (SSSR count). The minimum Gasteiger partial charge on any atom is -0.456 e. The predicted octanol–water partition coefficient (Wildman–Crippen LogP) is 16.9. The number of nitrogens with zero attached hydrogens (tertiary/aromatic N) is 4. The van der Waals surface area contributed by atoms with Crippen LogP contribution in [0.4, 0.5) is 0 Å². The molecule has 322 valence electrons. The molecule has 5 heteroatoms. The summed E-state index contributed by atoms with van der Waals surface area (Å²) in [6, 6.07) is 86.4. The molecule has 4 heterocycles. The van der Waals surface area contributed by atoms with Crippen molar-refractivity contribution in [3.05, 3.63) is 243 Å². The monoisotopic (exact) mass is 880 g/mol. The fourth-order valence-corrected chi connectivity index (χ4v) is 10.5. The summed E-state index contributed by atoms with van der Waals surface area (Å²) in [5, 5.41) is 7.17. The number of hydrogen-bond donors (Lipinski definition) is 0. The van der Waals surface area contributed by atoms with Crippen molar-refractivity contribution in [2.45, 2.75) is 0 Å². The summed E-state index contributed by atoms with van der Waals surface area (Å²) in [4.78, 5) is 10.4. The lowest BCUT2D eigenvalue weighted by molar-refractivity contribution is 0.669. The molecule has 0 aliphatic heterocycles. The van der Waals surface area contributed by atoms with Crippen LogP contribution in [0.2, 0.25) is 0 Å². The molecule has 69 heavy (non-hydrogen) atoms. The standard InChI is InChI=1S/C64H40N4O/c1-2-14-45(15-3-1)64-65-56(43-30-26-41(27-31-43)46-34-35-63-55(38-46)54-20-8-13-25-62(54)69-63)40-57(66-64)44-32-28-42(29-33-44)47-36-48(67-58-21-9-4-16-50(58)51-17-5-10-22-59(51)67)39-49(37-47)68-60-23-11-6-18-52(60)53-19-7-12-24-61(53)68/h1-40H. The van der Waals surface area contributed by atoms with Gasteiger partial charge in [-0.05, 0) is 89.0 Å². The second kappa shape index (κ2) is 15.7. The molecule has 5 nitrogen and oxygen atoms in total. The Kier molecular flexibility index (Phi) is 8.83. The van der Waals surface area contributed by atoms with E-state index in [-0.39, 0.29) is 0 Å². The van der Waals surface area contributed by atoms with Gasteiger partial charge in [0.15, 0.2) is 5.82 Å². The van der Waals surface area contributed by atoms with Crippen molar-refractivity contribution in [2.75, 3.05) is 0 Å². The third-order valence-corrected chi connectivity index (χ3v) is 13.7. The van der Waals surface area contributed by atoms with Gasteiger partial charge in [-0.3, -0.25) is 0 Å². The number of fused-ring (bicyclic) bond motifs is 9. The van der Waals surface area contributed by atoms with E-state index in [0.29, 0.717) is 5.82 Å². The Morgan fingerprint density at radius 3 is 1.19 bits per heavy atom. The maximum absolute atomic E-state index is 6.12. The number of aromatic nitrogens is 4. The molecule has 0 bridgehead atoms. The van der Waals surface area contributed by atoms with E-state index < -0.39 is 0 Å². The van der Waals surface area contributed by atoms with Crippen LogP contribution >= 0.6 is 0 Å². The van der Waals surface area contributed by atoms with Gasteiger partial charge < -0.3 is 13.6 Å². The van der Waals surface area contributed by atoms with Crippen molar-refractivity contribution in [1.82, 2.24) is 19.1 Å². The maximum atomic E-state index is 6.12. The van der Waals surface area contributed by atoms with Crippen molar-refractivity contribution in [3.8, 4) is 67.5 Å². The van der Waals surface area contributed by atoms with Gasteiger partial charge in [-0.1, -0.05) is 176 Å². The summed E-state index contributed by atoms with van der Waals surface area (Å²) in [6.45, 7) is 0. The van der Waals surface area contributed by atoms with Crippen LogP contribution in [0, 0.1) is 0 Å². The van der Waals surface area contributed by atoms with E-state index in [2.05, 4.69) is 221 Å². The first-order valence-electron chi connectivity index (χ1n) is 23.4. The molecule has 0 radical (unpaired) electrons. The molecule has 0 saturated heterocycles. The van der Waals surface area contributed by atoms with Gasteiger partial charge in [0.25, 0.3) is 0 Å². The lowest BCUT2D eigenvalue weighted by Crippen LogP contribution is -2.00. The van der Waals surface area contributed by atoms with Crippen molar-refractivity contribution in [2.24, 2.45) is 0 Å². The largest absolute Gasteiger partial charge is 0.456 e. The Morgan fingerprint density at radius 2 is 0.667 bits per heavy atom. The zero-order valence-corrected chi connectivity index (χ0v) is 37.3. The van der Waals surface area contributed by atoms with E-state index in [1.54, 1.807) is 0 Å². The summed E-state index contributed by atoms with van der Waals surface area (Å²) < 4.78 is 10.9. The maximum Gasteiger partial charge on any atom is 0.160 e. The Hall–Kier alpha value is -9.32. The van der Waals surface area contributed by atoms with Gasteiger partial charge in [-0.2, -0.15) is 0 Å². The average Bonchev–Trinajstić information content (AvgIpc) is 4.09. The van der Waals surface area contributed by atoms with Crippen LogP contribution in [0.25, 0.3) is 133 Å². The van der Waals surface area contributed by atoms with Gasteiger partial charge in [0.1, 0.15) is 11.2 Å². The zero-order valence-electron chi connectivity index (χ0n) is 37.3. The number of furan rings is 1. The van der Waals surface area contributed by atoms with Gasteiger partial charge in [0.05, 0.1) is 33.5 Å². The molecule has 0 saturated carbocycles.